The van der Waals surface area contributed by atoms with Crippen LogP contribution in [0.4, 0.5) is 0 Å². The van der Waals surface area contributed by atoms with Crippen molar-refractivity contribution in [2.75, 3.05) is 0 Å². The minimum atomic E-state index is -0.991. The van der Waals surface area contributed by atoms with Gasteiger partial charge in [-0.2, -0.15) is 0 Å². The number of hydrogen-bond donors (Lipinski definition) is 2. The zero-order valence-electron chi connectivity index (χ0n) is 12.7. The topological polar surface area (TPSA) is 92.2 Å². The largest absolute Gasteiger partial charge is 0.478 e. The molecule has 0 aliphatic heterocycles. The number of halogens is 1. The summed E-state index contributed by atoms with van der Waals surface area (Å²) in [4.78, 5) is 31.3. The van der Waals surface area contributed by atoms with Gasteiger partial charge >= 0.3 is 5.97 Å². The number of rotatable bonds is 5. The molecule has 2 aromatic rings. The molecule has 1 aromatic carbocycles. The molecule has 0 bridgehead atoms. The van der Waals surface area contributed by atoms with Gasteiger partial charge in [-0.3, -0.25) is 4.79 Å². The van der Waals surface area contributed by atoms with Crippen molar-refractivity contribution in [1.82, 2.24) is 15.3 Å². The van der Waals surface area contributed by atoms with Crippen LogP contribution in [0, 0.1) is 0 Å². The molecule has 0 saturated heterocycles. The summed E-state index contributed by atoms with van der Waals surface area (Å²) in [6.07, 6.45) is 1.42. The summed E-state index contributed by atoms with van der Waals surface area (Å²) in [6, 6.07) is 6.26. The van der Waals surface area contributed by atoms with Gasteiger partial charge < -0.3 is 10.4 Å². The van der Waals surface area contributed by atoms with Crippen LogP contribution in [0.1, 0.15) is 52.0 Å². The number of aromatic nitrogens is 2. The monoisotopic (exact) mass is 333 g/mol. The second-order valence-electron chi connectivity index (χ2n) is 5.26. The maximum absolute atomic E-state index is 12.2. The summed E-state index contributed by atoms with van der Waals surface area (Å²) < 4.78 is 0. The Balaban J connectivity index is 2.07. The van der Waals surface area contributed by atoms with Crippen LogP contribution in [0.25, 0.3) is 0 Å². The maximum atomic E-state index is 12.2. The van der Waals surface area contributed by atoms with Crippen molar-refractivity contribution in [3.8, 4) is 0 Å². The standard InChI is InChI=1S/C16H16ClN3O3/c1-9(2)14-18-8-12(17)13(20-14)15(21)19-7-10-3-5-11(6-4-10)16(22)23/h3-6,8-9H,7H2,1-2H3,(H,19,21)(H,22,23). The van der Waals surface area contributed by atoms with Crippen molar-refractivity contribution >= 4 is 23.5 Å². The molecule has 120 valence electrons. The number of nitrogens with one attached hydrogen (secondary N) is 1. The maximum Gasteiger partial charge on any atom is 0.335 e. The molecule has 7 heteroatoms. The van der Waals surface area contributed by atoms with Gasteiger partial charge in [-0.05, 0) is 17.7 Å². The Bertz CT molecular complexity index is 730. The van der Waals surface area contributed by atoms with E-state index >= 15 is 0 Å². The van der Waals surface area contributed by atoms with Crippen LogP contribution < -0.4 is 5.32 Å². The van der Waals surface area contributed by atoms with Gasteiger partial charge in [-0.25, -0.2) is 14.8 Å². The third kappa shape index (κ3) is 4.26. The lowest BCUT2D eigenvalue weighted by atomic mass is 10.1. The fourth-order valence-electron chi connectivity index (χ4n) is 1.85. The zero-order chi connectivity index (χ0) is 17.0. The molecule has 1 aromatic heterocycles. The lowest BCUT2D eigenvalue weighted by Gasteiger charge is -2.09. The van der Waals surface area contributed by atoms with Crippen LogP contribution >= 0.6 is 11.6 Å². The molecule has 0 fully saturated rings. The number of nitrogens with zero attached hydrogens (tertiary/aromatic N) is 2. The molecule has 2 rings (SSSR count). The van der Waals surface area contributed by atoms with Crippen molar-refractivity contribution in [1.29, 1.82) is 0 Å². The molecule has 2 N–H and O–H groups in total. The third-order valence-corrected chi connectivity index (χ3v) is 3.42. The first-order chi connectivity index (χ1) is 10.9. The summed E-state index contributed by atoms with van der Waals surface area (Å²) >= 11 is 5.98. The predicted octanol–water partition coefficient (Wildman–Crippen LogP) is 2.88. The number of carboxylic acids is 1. The number of carbonyl (C=O) groups is 2. The highest BCUT2D eigenvalue weighted by atomic mass is 35.5. The normalized spacial score (nSPS) is 10.6. The summed E-state index contributed by atoms with van der Waals surface area (Å²) in [5.74, 6) is -0.760. The van der Waals surface area contributed by atoms with Gasteiger partial charge in [-0.15, -0.1) is 0 Å². The van der Waals surface area contributed by atoms with E-state index in [0.29, 0.717) is 5.82 Å². The number of carboxylic acid groups (broad SMARTS) is 1. The molecule has 23 heavy (non-hydrogen) atoms. The molecular weight excluding hydrogens is 318 g/mol. The zero-order valence-corrected chi connectivity index (χ0v) is 13.5. The number of amides is 1. The molecule has 0 unspecified atom stereocenters. The van der Waals surface area contributed by atoms with Gasteiger partial charge in [0.25, 0.3) is 5.91 Å². The van der Waals surface area contributed by atoms with Gasteiger partial charge in [0, 0.05) is 12.5 Å². The van der Waals surface area contributed by atoms with E-state index in [0.717, 1.165) is 5.56 Å². The van der Waals surface area contributed by atoms with E-state index in [1.807, 2.05) is 13.8 Å². The minimum Gasteiger partial charge on any atom is -0.478 e. The quantitative estimate of drug-likeness (QED) is 0.877. The molecule has 0 aliphatic carbocycles. The van der Waals surface area contributed by atoms with Crippen LogP contribution in [0.2, 0.25) is 5.02 Å². The second kappa shape index (κ2) is 7.19. The van der Waals surface area contributed by atoms with Gasteiger partial charge in [-0.1, -0.05) is 37.6 Å². The molecule has 1 amide bonds. The first-order valence-electron chi connectivity index (χ1n) is 7.01. The summed E-state index contributed by atoms with van der Waals surface area (Å²) in [5.41, 5.74) is 1.10. The number of hydrogen-bond acceptors (Lipinski definition) is 4. The molecule has 0 atom stereocenters. The third-order valence-electron chi connectivity index (χ3n) is 3.15. The summed E-state index contributed by atoms with van der Waals surface area (Å²) in [6.45, 7) is 4.10. The highest BCUT2D eigenvalue weighted by Gasteiger charge is 2.15. The molecular formula is C16H16ClN3O3. The fourth-order valence-corrected chi connectivity index (χ4v) is 2.03. The van der Waals surface area contributed by atoms with E-state index in [2.05, 4.69) is 15.3 Å². The Morgan fingerprint density at radius 3 is 2.48 bits per heavy atom. The minimum absolute atomic E-state index is 0.0855. The lowest BCUT2D eigenvalue weighted by molar-refractivity contribution is 0.0696. The van der Waals surface area contributed by atoms with Crippen molar-refractivity contribution in [2.24, 2.45) is 0 Å². The Morgan fingerprint density at radius 1 is 1.26 bits per heavy atom. The van der Waals surface area contributed by atoms with Gasteiger partial charge in [0.05, 0.1) is 16.8 Å². The Morgan fingerprint density at radius 2 is 1.91 bits per heavy atom. The highest BCUT2D eigenvalue weighted by Crippen LogP contribution is 2.16. The molecule has 0 saturated carbocycles. The first kappa shape index (κ1) is 16.9. The van der Waals surface area contributed by atoms with Crippen molar-refractivity contribution in [2.45, 2.75) is 26.3 Å². The Kier molecular flexibility index (Phi) is 5.28. The van der Waals surface area contributed by atoms with E-state index in [9.17, 15) is 9.59 Å². The smallest absolute Gasteiger partial charge is 0.335 e. The fraction of sp³-hybridized carbons (Fsp3) is 0.250. The van der Waals surface area contributed by atoms with E-state index < -0.39 is 11.9 Å². The molecule has 0 aliphatic rings. The second-order valence-corrected chi connectivity index (χ2v) is 5.67. The molecule has 0 spiro atoms. The van der Waals surface area contributed by atoms with E-state index in [-0.39, 0.29) is 28.7 Å². The molecule has 1 heterocycles. The first-order valence-corrected chi connectivity index (χ1v) is 7.39. The van der Waals surface area contributed by atoms with Crippen LogP contribution in [0.5, 0.6) is 0 Å². The average molecular weight is 334 g/mol. The van der Waals surface area contributed by atoms with Crippen LogP contribution in [0.3, 0.4) is 0 Å². The highest BCUT2D eigenvalue weighted by molar-refractivity contribution is 6.33. The van der Waals surface area contributed by atoms with E-state index in [1.54, 1.807) is 12.1 Å². The van der Waals surface area contributed by atoms with Crippen LogP contribution in [-0.2, 0) is 6.54 Å². The molecule has 6 nitrogen and oxygen atoms in total. The van der Waals surface area contributed by atoms with Crippen molar-refractivity contribution in [3.05, 3.63) is 58.1 Å². The summed E-state index contributed by atoms with van der Waals surface area (Å²) in [5, 5.41) is 11.7. The SMILES string of the molecule is CC(C)c1ncc(Cl)c(C(=O)NCc2ccc(C(=O)O)cc2)n1. The van der Waals surface area contributed by atoms with Crippen LogP contribution in [0.15, 0.2) is 30.5 Å². The van der Waals surface area contributed by atoms with Crippen molar-refractivity contribution in [3.63, 3.8) is 0 Å². The summed E-state index contributed by atoms with van der Waals surface area (Å²) in [7, 11) is 0. The van der Waals surface area contributed by atoms with Crippen molar-refractivity contribution < 1.29 is 14.7 Å². The van der Waals surface area contributed by atoms with Gasteiger partial charge in [0.1, 0.15) is 11.5 Å². The van der Waals surface area contributed by atoms with E-state index in [1.165, 1.54) is 18.3 Å². The molecule has 0 radical (unpaired) electrons. The lowest BCUT2D eigenvalue weighted by Crippen LogP contribution is -2.25. The van der Waals surface area contributed by atoms with Gasteiger partial charge in [0.15, 0.2) is 0 Å². The number of benzene rings is 1. The predicted molar refractivity (Wildman–Crippen MR) is 85.7 cm³/mol. The average Bonchev–Trinajstić information content (AvgIpc) is 2.53. The van der Waals surface area contributed by atoms with Crippen LogP contribution in [-0.4, -0.2) is 27.0 Å². The number of carbonyl (C=O) groups excluding carboxylic acids is 1. The van der Waals surface area contributed by atoms with Gasteiger partial charge in [0.2, 0.25) is 0 Å². The van der Waals surface area contributed by atoms with E-state index in [4.69, 9.17) is 16.7 Å². The number of aromatic carboxylic acids is 1. The Hall–Kier alpha value is -2.47. The Labute approximate surface area is 138 Å².